The van der Waals surface area contributed by atoms with Crippen LogP contribution >= 0.6 is 0 Å². The third-order valence-corrected chi connectivity index (χ3v) is 4.67. The van der Waals surface area contributed by atoms with E-state index in [9.17, 15) is 24.1 Å². The van der Waals surface area contributed by atoms with Crippen LogP contribution in [0, 0.1) is 15.9 Å². The molecule has 0 saturated carbocycles. The molecule has 0 saturated heterocycles. The molecule has 1 aromatic heterocycles. The standard InChI is InChI=1S/C22H21FN4O6/c1-4-33-22(29)20-21(26(12-24-20)11-14-5-7-15(32-3)8-6-14)16-9-17(23)19(27(30)31)10-18(16)25-13(2)28/h5-10,12H,4,11H2,1-3H3,(H,25,28). The van der Waals surface area contributed by atoms with Crippen molar-refractivity contribution in [1.82, 2.24) is 9.55 Å². The second-order valence-electron chi connectivity index (χ2n) is 6.93. The largest absolute Gasteiger partial charge is 0.497 e. The molecule has 3 rings (SSSR count). The maximum Gasteiger partial charge on any atom is 0.359 e. The Bertz CT molecular complexity index is 1210. The van der Waals surface area contributed by atoms with Crippen molar-refractivity contribution >= 4 is 23.3 Å². The fourth-order valence-corrected chi connectivity index (χ4v) is 3.25. The molecule has 0 fully saturated rings. The highest BCUT2D eigenvalue weighted by molar-refractivity contribution is 6.00. The monoisotopic (exact) mass is 456 g/mol. The summed E-state index contributed by atoms with van der Waals surface area (Å²) in [6, 6.07) is 8.92. The topological polar surface area (TPSA) is 126 Å². The van der Waals surface area contributed by atoms with Gasteiger partial charge >= 0.3 is 11.7 Å². The van der Waals surface area contributed by atoms with E-state index in [2.05, 4.69) is 10.3 Å². The molecule has 0 unspecified atom stereocenters. The molecule has 0 atom stereocenters. The van der Waals surface area contributed by atoms with Crippen molar-refractivity contribution in [3.8, 4) is 17.0 Å². The van der Waals surface area contributed by atoms with Crippen molar-refractivity contribution in [1.29, 1.82) is 0 Å². The lowest BCUT2D eigenvalue weighted by molar-refractivity contribution is -0.387. The first-order valence-electron chi connectivity index (χ1n) is 9.86. The summed E-state index contributed by atoms with van der Waals surface area (Å²) in [4.78, 5) is 38.8. The van der Waals surface area contributed by atoms with E-state index in [1.165, 1.54) is 13.3 Å². The summed E-state index contributed by atoms with van der Waals surface area (Å²) in [6.45, 7) is 3.14. The van der Waals surface area contributed by atoms with Gasteiger partial charge in [-0.15, -0.1) is 0 Å². The van der Waals surface area contributed by atoms with Crippen LogP contribution in [0.5, 0.6) is 5.75 Å². The molecular formula is C22H21FN4O6. The maximum atomic E-state index is 14.6. The van der Waals surface area contributed by atoms with E-state index in [4.69, 9.17) is 9.47 Å². The molecule has 1 amide bonds. The van der Waals surface area contributed by atoms with Gasteiger partial charge in [-0.25, -0.2) is 9.78 Å². The summed E-state index contributed by atoms with van der Waals surface area (Å²) in [7, 11) is 1.54. The lowest BCUT2D eigenvalue weighted by Crippen LogP contribution is -2.12. The molecule has 10 nitrogen and oxygen atoms in total. The molecule has 1 N–H and O–H groups in total. The average Bonchev–Trinajstić information content (AvgIpc) is 3.18. The summed E-state index contributed by atoms with van der Waals surface area (Å²) in [5, 5.41) is 13.7. The number of benzene rings is 2. The number of imidazole rings is 1. The Balaban J connectivity index is 2.21. The Labute approximate surface area is 188 Å². The van der Waals surface area contributed by atoms with E-state index in [0.29, 0.717) is 5.75 Å². The number of methoxy groups -OCH3 is 1. The van der Waals surface area contributed by atoms with Gasteiger partial charge in [0.1, 0.15) is 5.75 Å². The highest BCUT2D eigenvalue weighted by Crippen LogP contribution is 2.36. The first-order valence-corrected chi connectivity index (χ1v) is 9.86. The Morgan fingerprint density at radius 1 is 1.24 bits per heavy atom. The average molecular weight is 456 g/mol. The summed E-state index contributed by atoms with van der Waals surface area (Å²) in [6.07, 6.45) is 1.38. The SMILES string of the molecule is CCOC(=O)c1ncn(Cc2ccc(OC)cc2)c1-c1cc(F)c([N+](=O)[O-])cc1NC(C)=O. The number of nitrogens with zero attached hydrogens (tertiary/aromatic N) is 3. The molecule has 172 valence electrons. The van der Waals surface area contributed by atoms with E-state index in [1.54, 1.807) is 42.9 Å². The number of rotatable bonds is 8. The third kappa shape index (κ3) is 5.14. The summed E-state index contributed by atoms with van der Waals surface area (Å²) >= 11 is 0. The van der Waals surface area contributed by atoms with Gasteiger partial charge in [-0.3, -0.25) is 14.9 Å². The number of aromatic nitrogens is 2. The van der Waals surface area contributed by atoms with Crippen LogP contribution in [0.2, 0.25) is 0 Å². The van der Waals surface area contributed by atoms with Gasteiger partial charge in [-0.1, -0.05) is 12.1 Å². The molecule has 0 aliphatic carbocycles. The Morgan fingerprint density at radius 3 is 2.52 bits per heavy atom. The zero-order chi connectivity index (χ0) is 24.1. The van der Waals surface area contributed by atoms with E-state index in [-0.39, 0.29) is 35.8 Å². The van der Waals surface area contributed by atoms with Crippen molar-refractivity contribution in [3.05, 3.63) is 69.9 Å². The second kappa shape index (κ2) is 9.90. The van der Waals surface area contributed by atoms with Crippen LogP contribution in [0.3, 0.4) is 0 Å². The van der Waals surface area contributed by atoms with Crippen molar-refractivity contribution < 1.29 is 28.4 Å². The third-order valence-electron chi connectivity index (χ3n) is 4.67. The van der Waals surface area contributed by atoms with Crippen molar-refractivity contribution in [2.45, 2.75) is 20.4 Å². The lowest BCUT2D eigenvalue weighted by atomic mass is 10.0. The molecule has 0 radical (unpaired) electrons. The lowest BCUT2D eigenvalue weighted by Gasteiger charge is -2.15. The molecule has 3 aromatic rings. The second-order valence-corrected chi connectivity index (χ2v) is 6.93. The van der Waals surface area contributed by atoms with Gasteiger partial charge in [-0.2, -0.15) is 4.39 Å². The van der Waals surface area contributed by atoms with Crippen LogP contribution in [-0.2, 0) is 16.1 Å². The molecule has 33 heavy (non-hydrogen) atoms. The van der Waals surface area contributed by atoms with E-state index < -0.39 is 28.3 Å². The minimum absolute atomic E-state index is 0.0439. The van der Waals surface area contributed by atoms with Gasteiger partial charge in [0.25, 0.3) is 0 Å². The van der Waals surface area contributed by atoms with Gasteiger partial charge < -0.3 is 19.4 Å². The molecule has 0 spiro atoms. The number of nitrogens with one attached hydrogen (secondary N) is 1. The summed E-state index contributed by atoms with van der Waals surface area (Å²) in [5.74, 6) is -1.76. The Kier molecular flexibility index (Phi) is 7.01. The van der Waals surface area contributed by atoms with E-state index in [1.807, 2.05) is 0 Å². The Morgan fingerprint density at radius 2 is 1.94 bits per heavy atom. The number of ether oxygens (including phenoxy) is 2. The van der Waals surface area contributed by atoms with Gasteiger partial charge in [-0.05, 0) is 30.7 Å². The minimum Gasteiger partial charge on any atom is -0.497 e. The molecule has 0 aliphatic rings. The summed E-state index contributed by atoms with van der Waals surface area (Å²) < 4.78 is 26.4. The zero-order valence-corrected chi connectivity index (χ0v) is 18.1. The number of anilines is 1. The van der Waals surface area contributed by atoms with Crippen LogP contribution < -0.4 is 10.1 Å². The van der Waals surface area contributed by atoms with Crippen molar-refractivity contribution in [3.63, 3.8) is 0 Å². The van der Waals surface area contributed by atoms with Crippen molar-refractivity contribution in [2.75, 3.05) is 19.0 Å². The van der Waals surface area contributed by atoms with E-state index >= 15 is 0 Å². The van der Waals surface area contributed by atoms with Gasteiger partial charge in [0.05, 0.1) is 36.3 Å². The van der Waals surface area contributed by atoms with Crippen LogP contribution in [0.4, 0.5) is 15.8 Å². The predicted octanol–water partition coefficient (Wildman–Crippen LogP) is 3.79. The van der Waals surface area contributed by atoms with Gasteiger partial charge in [0.15, 0.2) is 5.69 Å². The van der Waals surface area contributed by atoms with Gasteiger partial charge in [0.2, 0.25) is 11.7 Å². The number of nitro groups is 1. The number of carbonyl (C=O) groups excluding carboxylic acids is 2. The quantitative estimate of drug-likeness (QED) is 0.310. The Hall–Kier alpha value is -4.28. The molecule has 0 bridgehead atoms. The summed E-state index contributed by atoms with van der Waals surface area (Å²) in [5.41, 5.74) is 0.0155. The number of amides is 1. The number of carbonyl (C=O) groups is 2. The first kappa shape index (κ1) is 23.4. The normalized spacial score (nSPS) is 10.5. The highest BCUT2D eigenvalue weighted by atomic mass is 19.1. The van der Waals surface area contributed by atoms with Crippen LogP contribution in [0.1, 0.15) is 29.9 Å². The fraction of sp³-hybridized carbons (Fsp3) is 0.227. The minimum atomic E-state index is -1.13. The fourth-order valence-electron chi connectivity index (χ4n) is 3.25. The zero-order valence-electron chi connectivity index (χ0n) is 18.1. The number of nitro benzene ring substituents is 1. The van der Waals surface area contributed by atoms with Crippen LogP contribution in [0.15, 0.2) is 42.7 Å². The number of halogens is 1. The molecule has 11 heteroatoms. The smallest absolute Gasteiger partial charge is 0.359 e. The van der Waals surface area contributed by atoms with Crippen LogP contribution in [-0.4, -0.2) is 40.1 Å². The number of hydrogen-bond donors (Lipinski definition) is 1. The number of esters is 1. The van der Waals surface area contributed by atoms with Crippen LogP contribution in [0.25, 0.3) is 11.3 Å². The predicted molar refractivity (Wildman–Crippen MR) is 117 cm³/mol. The van der Waals surface area contributed by atoms with Crippen molar-refractivity contribution in [2.24, 2.45) is 0 Å². The molecule has 1 heterocycles. The van der Waals surface area contributed by atoms with E-state index in [0.717, 1.165) is 17.7 Å². The number of hydrogen-bond acceptors (Lipinski definition) is 7. The van der Waals surface area contributed by atoms with Gasteiger partial charge in [0, 0.05) is 25.1 Å². The first-order chi connectivity index (χ1) is 15.7. The molecular weight excluding hydrogens is 435 g/mol. The molecule has 2 aromatic carbocycles. The molecule has 0 aliphatic heterocycles. The highest BCUT2D eigenvalue weighted by Gasteiger charge is 2.27. The maximum absolute atomic E-state index is 14.6.